The Kier molecular flexibility index (Phi) is 4.34. The fraction of sp³-hybridized carbons (Fsp3) is 0.417. The Morgan fingerprint density at radius 3 is 3.00 bits per heavy atom. The van der Waals surface area contributed by atoms with Gasteiger partial charge in [0.05, 0.1) is 11.0 Å². The van der Waals surface area contributed by atoms with Gasteiger partial charge in [-0.1, -0.05) is 11.6 Å². The summed E-state index contributed by atoms with van der Waals surface area (Å²) in [5.74, 6) is -0.487. The van der Waals surface area contributed by atoms with E-state index in [1.54, 1.807) is 0 Å². The van der Waals surface area contributed by atoms with Crippen LogP contribution in [0.4, 0.5) is 5.69 Å². The summed E-state index contributed by atoms with van der Waals surface area (Å²) in [5.41, 5.74) is -0.287. The number of carbonyl (C=O) groups is 1. The highest BCUT2D eigenvalue weighted by Crippen LogP contribution is 2.23. The lowest BCUT2D eigenvalue weighted by atomic mass is 10.1. The molecule has 1 aromatic rings. The minimum absolute atomic E-state index is 0.00435. The van der Waals surface area contributed by atoms with Crippen molar-refractivity contribution >= 4 is 23.2 Å². The van der Waals surface area contributed by atoms with Crippen LogP contribution >= 0.6 is 11.6 Å². The largest absolute Gasteiger partial charge is 0.376 e. The predicted octanol–water partition coefficient (Wildman–Crippen LogP) is 2.16. The van der Waals surface area contributed by atoms with E-state index < -0.39 is 10.8 Å². The number of nitro benzene ring substituents is 1. The van der Waals surface area contributed by atoms with Gasteiger partial charge < -0.3 is 10.1 Å². The molecule has 0 bridgehead atoms. The molecule has 1 N–H and O–H groups in total. The smallest absolute Gasteiger partial charge is 0.283 e. The molecule has 1 atom stereocenters. The van der Waals surface area contributed by atoms with Crippen LogP contribution in [0.25, 0.3) is 0 Å². The fourth-order valence-electron chi connectivity index (χ4n) is 1.95. The third kappa shape index (κ3) is 3.42. The van der Waals surface area contributed by atoms with Crippen LogP contribution in [0.3, 0.4) is 0 Å². The first-order chi connectivity index (χ1) is 9.08. The van der Waals surface area contributed by atoms with Crippen molar-refractivity contribution in [3.8, 4) is 0 Å². The number of amides is 1. The lowest BCUT2D eigenvalue weighted by Crippen LogP contribution is -2.32. The Hall–Kier alpha value is -1.66. The Morgan fingerprint density at radius 1 is 1.58 bits per heavy atom. The van der Waals surface area contributed by atoms with Gasteiger partial charge in [-0.05, 0) is 25.0 Å². The van der Waals surface area contributed by atoms with Crippen molar-refractivity contribution in [3.05, 3.63) is 38.9 Å². The molecule has 0 spiro atoms. The highest BCUT2D eigenvalue weighted by Gasteiger charge is 2.22. The lowest BCUT2D eigenvalue weighted by Gasteiger charge is -2.10. The number of carbonyl (C=O) groups excluding carboxylic acids is 1. The molecular formula is C12H13ClN2O4. The molecule has 1 heterocycles. The predicted molar refractivity (Wildman–Crippen MR) is 69.4 cm³/mol. The molecule has 0 saturated carbocycles. The molecule has 1 fully saturated rings. The molecule has 0 unspecified atom stereocenters. The van der Waals surface area contributed by atoms with Crippen LogP contribution in [0, 0.1) is 10.1 Å². The van der Waals surface area contributed by atoms with Crippen molar-refractivity contribution < 1.29 is 14.5 Å². The molecule has 0 radical (unpaired) electrons. The van der Waals surface area contributed by atoms with Crippen LogP contribution < -0.4 is 5.32 Å². The summed E-state index contributed by atoms with van der Waals surface area (Å²) in [6.45, 7) is 1.06. The maximum atomic E-state index is 11.9. The summed E-state index contributed by atoms with van der Waals surface area (Å²) in [4.78, 5) is 22.2. The van der Waals surface area contributed by atoms with Crippen LogP contribution in [0.2, 0.25) is 5.02 Å². The minimum atomic E-state index is -0.618. The van der Waals surface area contributed by atoms with Gasteiger partial charge in [0.15, 0.2) is 0 Å². The normalized spacial score (nSPS) is 18.3. The Morgan fingerprint density at radius 2 is 2.37 bits per heavy atom. The minimum Gasteiger partial charge on any atom is -0.376 e. The van der Waals surface area contributed by atoms with Crippen molar-refractivity contribution in [1.82, 2.24) is 5.32 Å². The molecule has 1 saturated heterocycles. The van der Waals surface area contributed by atoms with Gasteiger partial charge in [-0.25, -0.2) is 0 Å². The molecule has 1 aliphatic rings. The number of rotatable bonds is 4. The fourth-order valence-corrected chi connectivity index (χ4v) is 2.12. The van der Waals surface area contributed by atoms with Gasteiger partial charge in [0.25, 0.3) is 11.6 Å². The van der Waals surface area contributed by atoms with E-state index in [9.17, 15) is 14.9 Å². The van der Waals surface area contributed by atoms with E-state index >= 15 is 0 Å². The van der Waals surface area contributed by atoms with E-state index in [1.165, 1.54) is 18.2 Å². The van der Waals surface area contributed by atoms with Crippen molar-refractivity contribution in [2.45, 2.75) is 18.9 Å². The van der Waals surface area contributed by atoms with Gasteiger partial charge in [-0.2, -0.15) is 0 Å². The van der Waals surface area contributed by atoms with E-state index in [0.717, 1.165) is 12.8 Å². The van der Waals surface area contributed by atoms with Crippen LogP contribution in [0.5, 0.6) is 0 Å². The van der Waals surface area contributed by atoms with Gasteiger partial charge >= 0.3 is 0 Å². The molecule has 2 rings (SSSR count). The van der Waals surface area contributed by atoms with Crippen molar-refractivity contribution in [2.24, 2.45) is 0 Å². The second-order valence-electron chi connectivity index (χ2n) is 4.26. The molecule has 19 heavy (non-hydrogen) atoms. The summed E-state index contributed by atoms with van der Waals surface area (Å²) < 4.78 is 5.37. The number of hydrogen-bond donors (Lipinski definition) is 1. The van der Waals surface area contributed by atoms with E-state index in [4.69, 9.17) is 16.3 Å². The van der Waals surface area contributed by atoms with Gasteiger partial charge in [0.1, 0.15) is 5.56 Å². The standard InChI is InChI=1S/C12H13ClN2O4/c13-8-3-4-10(11(6-8)15(17)18)12(16)14-7-9-2-1-5-19-9/h3-4,6,9H,1-2,5,7H2,(H,14,16)/t9-/m1/s1. The van der Waals surface area contributed by atoms with Gasteiger partial charge in [0, 0.05) is 24.2 Å². The number of nitrogens with one attached hydrogen (secondary N) is 1. The zero-order chi connectivity index (χ0) is 13.8. The third-order valence-corrected chi connectivity index (χ3v) is 3.15. The zero-order valence-electron chi connectivity index (χ0n) is 10.1. The highest BCUT2D eigenvalue weighted by molar-refractivity contribution is 6.31. The third-order valence-electron chi connectivity index (χ3n) is 2.92. The molecule has 0 aromatic heterocycles. The van der Waals surface area contributed by atoms with Crippen LogP contribution in [0.1, 0.15) is 23.2 Å². The number of benzene rings is 1. The maximum Gasteiger partial charge on any atom is 0.283 e. The summed E-state index contributed by atoms with van der Waals surface area (Å²) >= 11 is 5.69. The number of nitro groups is 1. The first-order valence-corrected chi connectivity index (χ1v) is 6.29. The molecule has 1 aliphatic heterocycles. The average Bonchev–Trinajstić information content (AvgIpc) is 2.88. The number of halogens is 1. The monoisotopic (exact) mass is 284 g/mol. The maximum absolute atomic E-state index is 11.9. The Balaban J connectivity index is 2.07. The molecule has 102 valence electrons. The van der Waals surface area contributed by atoms with Gasteiger partial charge in [-0.3, -0.25) is 14.9 Å². The molecule has 6 nitrogen and oxygen atoms in total. The topological polar surface area (TPSA) is 81.5 Å². The number of ether oxygens (including phenoxy) is 1. The summed E-state index contributed by atoms with van der Waals surface area (Å²) in [6.07, 6.45) is 1.86. The van der Waals surface area contributed by atoms with Crippen molar-refractivity contribution in [1.29, 1.82) is 0 Å². The summed E-state index contributed by atoms with van der Waals surface area (Å²) in [7, 11) is 0. The zero-order valence-corrected chi connectivity index (χ0v) is 10.9. The second kappa shape index (κ2) is 5.99. The first kappa shape index (κ1) is 13.8. The Bertz CT molecular complexity index is 501. The molecular weight excluding hydrogens is 272 g/mol. The van der Waals surface area contributed by atoms with Gasteiger partial charge in [0.2, 0.25) is 0 Å². The molecule has 7 heteroatoms. The molecule has 1 amide bonds. The molecule has 1 aromatic carbocycles. The van der Waals surface area contributed by atoms with Crippen molar-refractivity contribution in [3.63, 3.8) is 0 Å². The SMILES string of the molecule is O=C(NC[C@H]1CCCO1)c1ccc(Cl)cc1[N+](=O)[O-]. The number of nitrogens with zero attached hydrogens (tertiary/aromatic N) is 1. The molecule has 0 aliphatic carbocycles. The number of hydrogen-bond acceptors (Lipinski definition) is 4. The Labute approximate surface area is 114 Å². The van der Waals surface area contributed by atoms with Gasteiger partial charge in [-0.15, -0.1) is 0 Å². The summed E-state index contributed by atoms with van der Waals surface area (Å²) in [6, 6.07) is 3.98. The van der Waals surface area contributed by atoms with Crippen LogP contribution in [-0.2, 0) is 4.74 Å². The van der Waals surface area contributed by atoms with E-state index in [2.05, 4.69) is 5.32 Å². The highest BCUT2D eigenvalue weighted by atomic mass is 35.5. The van der Waals surface area contributed by atoms with E-state index in [-0.39, 0.29) is 22.4 Å². The first-order valence-electron chi connectivity index (χ1n) is 5.91. The second-order valence-corrected chi connectivity index (χ2v) is 4.70. The van der Waals surface area contributed by atoms with E-state index in [1.807, 2.05) is 0 Å². The van der Waals surface area contributed by atoms with Crippen molar-refractivity contribution in [2.75, 3.05) is 13.2 Å². The van der Waals surface area contributed by atoms with E-state index in [0.29, 0.717) is 13.2 Å². The quantitative estimate of drug-likeness (QED) is 0.678. The average molecular weight is 285 g/mol. The summed E-state index contributed by atoms with van der Waals surface area (Å²) in [5, 5.41) is 13.7. The van der Waals surface area contributed by atoms with Crippen LogP contribution in [-0.4, -0.2) is 30.1 Å². The lowest BCUT2D eigenvalue weighted by molar-refractivity contribution is -0.385. The van der Waals surface area contributed by atoms with Crippen LogP contribution in [0.15, 0.2) is 18.2 Å².